The molecule has 0 saturated carbocycles. The van der Waals surface area contributed by atoms with Gasteiger partial charge in [0.15, 0.2) is 0 Å². The molecule has 1 heterocycles. The van der Waals surface area contributed by atoms with Crippen LogP contribution in [0.15, 0.2) is 24.3 Å². The van der Waals surface area contributed by atoms with Gasteiger partial charge in [-0.05, 0) is 57.5 Å². The summed E-state index contributed by atoms with van der Waals surface area (Å²) in [6.45, 7) is 5.73. The van der Waals surface area contributed by atoms with Gasteiger partial charge in [-0.1, -0.05) is 30.7 Å². The van der Waals surface area contributed by atoms with Crippen molar-refractivity contribution in [3.63, 3.8) is 0 Å². The predicted molar refractivity (Wildman–Crippen MR) is 82.7 cm³/mol. The molecule has 0 amide bonds. The Morgan fingerprint density at radius 2 is 2.26 bits per heavy atom. The number of hydrogen-bond acceptors (Lipinski definition) is 2. The van der Waals surface area contributed by atoms with E-state index < -0.39 is 0 Å². The molecule has 3 heteroatoms. The van der Waals surface area contributed by atoms with E-state index in [9.17, 15) is 0 Å². The Bertz CT molecular complexity index is 407. The van der Waals surface area contributed by atoms with Crippen molar-refractivity contribution in [2.24, 2.45) is 0 Å². The number of hydrogen-bond donors (Lipinski definition) is 1. The van der Waals surface area contributed by atoms with E-state index in [0.717, 1.165) is 11.4 Å². The van der Waals surface area contributed by atoms with Crippen LogP contribution in [0.5, 0.6) is 0 Å². The molecule has 0 aliphatic carbocycles. The lowest BCUT2D eigenvalue weighted by molar-refractivity contribution is 0.161. The topological polar surface area (TPSA) is 15.3 Å². The number of piperidine rings is 1. The fraction of sp³-hybridized carbons (Fsp3) is 0.625. The summed E-state index contributed by atoms with van der Waals surface area (Å²) in [5.74, 6) is 0. The minimum Gasteiger partial charge on any atom is -0.307 e. The Labute approximate surface area is 122 Å². The van der Waals surface area contributed by atoms with Gasteiger partial charge in [0.2, 0.25) is 0 Å². The molecule has 0 spiro atoms. The first-order chi connectivity index (χ1) is 9.10. The lowest BCUT2D eigenvalue weighted by Gasteiger charge is -2.37. The predicted octanol–water partition coefficient (Wildman–Crippen LogP) is 3.86. The highest BCUT2D eigenvalue weighted by molar-refractivity contribution is 6.30. The molecule has 1 aliphatic heterocycles. The van der Waals surface area contributed by atoms with Gasteiger partial charge in [-0.15, -0.1) is 0 Å². The average molecular weight is 281 g/mol. The van der Waals surface area contributed by atoms with Gasteiger partial charge in [0, 0.05) is 23.1 Å². The maximum atomic E-state index is 6.10. The summed E-state index contributed by atoms with van der Waals surface area (Å²) >= 11 is 6.10. The van der Waals surface area contributed by atoms with E-state index in [4.69, 9.17) is 11.6 Å². The summed E-state index contributed by atoms with van der Waals surface area (Å²) in [7, 11) is 2.22. The number of benzene rings is 1. The summed E-state index contributed by atoms with van der Waals surface area (Å²) < 4.78 is 0. The van der Waals surface area contributed by atoms with E-state index in [1.165, 1.54) is 24.9 Å². The second-order valence-electron chi connectivity index (χ2n) is 5.73. The van der Waals surface area contributed by atoms with Crippen LogP contribution in [0.3, 0.4) is 0 Å². The van der Waals surface area contributed by atoms with Crippen molar-refractivity contribution in [1.29, 1.82) is 0 Å². The van der Waals surface area contributed by atoms with Crippen molar-refractivity contribution in [2.45, 2.75) is 51.2 Å². The van der Waals surface area contributed by atoms with E-state index in [1.807, 2.05) is 12.1 Å². The van der Waals surface area contributed by atoms with Gasteiger partial charge in [-0.3, -0.25) is 0 Å². The van der Waals surface area contributed by atoms with E-state index in [0.29, 0.717) is 18.1 Å². The maximum Gasteiger partial charge on any atom is 0.0409 e. The van der Waals surface area contributed by atoms with Gasteiger partial charge in [0.1, 0.15) is 0 Å². The highest BCUT2D eigenvalue weighted by Gasteiger charge is 2.24. The third-order valence-corrected chi connectivity index (χ3v) is 4.54. The summed E-state index contributed by atoms with van der Waals surface area (Å²) in [6.07, 6.45) is 3.56. The first-order valence-corrected chi connectivity index (χ1v) is 7.69. The zero-order valence-corrected chi connectivity index (χ0v) is 13.0. The van der Waals surface area contributed by atoms with Gasteiger partial charge < -0.3 is 10.2 Å². The number of rotatable bonds is 4. The zero-order chi connectivity index (χ0) is 13.8. The Kier molecular flexibility index (Phi) is 5.26. The molecule has 1 aromatic rings. The Morgan fingerprint density at radius 3 is 2.89 bits per heavy atom. The van der Waals surface area contributed by atoms with Crippen molar-refractivity contribution in [3.8, 4) is 0 Å². The normalized spacial score (nSPS) is 26.3. The minimum atomic E-state index is 0.416. The van der Waals surface area contributed by atoms with Crippen LogP contribution in [0.25, 0.3) is 0 Å². The Hall–Kier alpha value is -0.570. The molecule has 1 aromatic carbocycles. The van der Waals surface area contributed by atoms with Crippen LogP contribution in [0.4, 0.5) is 0 Å². The van der Waals surface area contributed by atoms with Gasteiger partial charge in [0.25, 0.3) is 0 Å². The monoisotopic (exact) mass is 280 g/mol. The third-order valence-electron chi connectivity index (χ3n) is 4.30. The number of nitrogens with one attached hydrogen (secondary N) is 1. The van der Waals surface area contributed by atoms with E-state index >= 15 is 0 Å². The molecule has 0 radical (unpaired) electrons. The van der Waals surface area contributed by atoms with Crippen molar-refractivity contribution < 1.29 is 0 Å². The first-order valence-electron chi connectivity index (χ1n) is 7.32. The molecule has 1 fully saturated rings. The van der Waals surface area contributed by atoms with Crippen molar-refractivity contribution >= 4 is 11.6 Å². The SMILES string of the molecule is CCC(NC1CCN(C)C(C)C1)c1cccc(Cl)c1. The number of likely N-dealkylation sites (tertiary alicyclic amines) is 1. The van der Waals surface area contributed by atoms with Gasteiger partial charge in [-0.2, -0.15) is 0 Å². The molecule has 106 valence electrons. The number of halogens is 1. The fourth-order valence-corrected chi connectivity index (χ4v) is 3.10. The number of nitrogens with zero attached hydrogens (tertiary/aromatic N) is 1. The molecule has 2 rings (SSSR count). The Balaban J connectivity index is 1.99. The molecule has 0 bridgehead atoms. The first kappa shape index (κ1) is 14.8. The second-order valence-corrected chi connectivity index (χ2v) is 6.17. The Morgan fingerprint density at radius 1 is 1.47 bits per heavy atom. The molecule has 0 aromatic heterocycles. The smallest absolute Gasteiger partial charge is 0.0409 e. The van der Waals surface area contributed by atoms with E-state index in [1.54, 1.807) is 0 Å². The third kappa shape index (κ3) is 3.95. The summed E-state index contributed by atoms with van der Waals surface area (Å²) in [4.78, 5) is 2.44. The van der Waals surface area contributed by atoms with Crippen LogP contribution < -0.4 is 5.32 Å². The fourth-order valence-electron chi connectivity index (χ4n) is 2.90. The minimum absolute atomic E-state index is 0.416. The zero-order valence-electron chi connectivity index (χ0n) is 12.2. The van der Waals surface area contributed by atoms with Crippen molar-refractivity contribution in [3.05, 3.63) is 34.9 Å². The van der Waals surface area contributed by atoms with Crippen LogP contribution in [0.1, 0.15) is 44.7 Å². The van der Waals surface area contributed by atoms with Crippen LogP contribution in [-0.4, -0.2) is 30.6 Å². The van der Waals surface area contributed by atoms with Crippen LogP contribution in [0, 0.1) is 0 Å². The summed E-state index contributed by atoms with van der Waals surface area (Å²) in [6, 6.07) is 9.94. The van der Waals surface area contributed by atoms with Gasteiger partial charge in [0.05, 0.1) is 0 Å². The van der Waals surface area contributed by atoms with Crippen molar-refractivity contribution in [1.82, 2.24) is 10.2 Å². The molecule has 3 atom stereocenters. The second kappa shape index (κ2) is 6.74. The van der Waals surface area contributed by atoms with Crippen LogP contribution >= 0.6 is 11.6 Å². The molecule has 2 nitrogen and oxygen atoms in total. The molecular formula is C16H25ClN2. The van der Waals surface area contributed by atoms with Crippen molar-refractivity contribution in [2.75, 3.05) is 13.6 Å². The van der Waals surface area contributed by atoms with Crippen LogP contribution in [-0.2, 0) is 0 Å². The quantitative estimate of drug-likeness (QED) is 0.901. The molecule has 1 aliphatic rings. The van der Waals surface area contributed by atoms with Gasteiger partial charge in [-0.25, -0.2) is 0 Å². The van der Waals surface area contributed by atoms with E-state index in [-0.39, 0.29) is 0 Å². The summed E-state index contributed by atoms with van der Waals surface area (Å²) in [5.41, 5.74) is 1.31. The van der Waals surface area contributed by atoms with E-state index in [2.05, 4.69) is 43.2 Å². The molecule has 19 heavy (non-hydrogen) atoms. The lowest BCUT2D eigenvalue weighted by Crippen LogP contribution is -2.46. The molecular weight excluding hydrogens is 256 g/mol. The highest BCUT2D eigenvalue weighted by atomic mass is 35.5. The van der Waals surface area contributed by atoms with Crippen LogP contribution in [0.2, 0.25) is 5.02 Å². The molecule has 3 unspecified atom stereocenters. The maximum absolute atomic E-state index is 6.10. The summed E-state index contributed by atoms with van der Waals surface area (Å²) in [5, 5.41) is 4.64. The molecule has 1 saturated heterocycles. The lowest BCUT2D eigenvalue weighted by atomic mass is 9.96. The average Bonchev–Trinajstić information content (AvgIpc) is 2.40. The highest BCUT2D eigenvalue weighted by Crippen LogP contribution is 2.24. The molecule has 1 N–H and O–H groups in total. The standard InChI is InChI=1S/C16H25ClN2/c1-4-16(13-6-5-7-14(17)11-13)18-15-8-9-19(3)12(2)10-15/h5-7,11-12,15-16,18H,4,8-10H2,1-3H3. The van der Waals surface area contributed by atoms with Gasteiger partial charge >= 0.3 is 0 Å². The largest absolute Gasteiger partial charge is 0.307 e.